The molecule has 0 aromatic rings. The van der Waals surface area contributed by atoms with Gasteiger partial charge in [-0.15, -0.1) is 0 Å². The van der Waals surface area contributed by atoms with E-state index in [1.165, 1.54) is 20.0 Å². The predicted molar refractivity (Wildman–Crippen MR) is 68.6 cm³/mol. The van der Waals surface area contributed by atoms with Crippen LogP contribution in [0.15, 0.2) is 0 Å². The van der Waals surface area contributed by atoms with Crippen molar-refractivity contribution in [2.24, 2.45) is 11.7 Å². The molecule has 17 heavy (non-hydrogen) atoms. The van der Waals surface area contributed by atoms with Crippen LogP contribution >= 0.6 is 0 Å². The molecule has 4 unspecified atom stereocenters. The Hall–Kier alpha value is -0.610. The summed E-state index contributed by atoms with van der Waals surface area (Å²) in [5.74, 6) is -0.236. The Morgan fingerprint density at radius 1 is 1.47 bits per heavy atom. The Balaban J connectivity index is 2.75. The fourth-order valence-electron chi connectivity index (χ4n) is 2.92. The normalized spacial score (nSPS) is 29.7. The van der Waals surface area contributed by atoms with E-state index in [-0.39, 0.29) is 17.9 Å². The first-order valence-corrected chi connectivity index (χ1v) is 6.58. The van der Waals surface area contributed by atoms with Gasteiger partial charge >= 0.3 is 5.97 Å². The third kappa shape index (κ3) is 3.19. The van der Waals surface area contributed by atoms with Crippen LogP contribution in [0.3, 0.4) is 0 Å². The summed E-state index contributed by atoms with van der Waals surface area (Å²) in [5, 5.41) is 0. The van der Waals surface area contributed by atoms with E-state index in [1.54, 1.807) is 0 Å². The molecule has 1 saturated heterocycles. The minimum Gasteiger partial charge on any atom is -0.469 e. The van der Waals surface area contributed by atoms with Crippen molar-refractivity contribution < 1.29 is 9.53 Å². The number of nitrogens with two attached hydrogens (primary N) is 1. The van der Waals surface area contributed by atoms with Gasteiger partial charge in [0.2, 0.25) is 0 Å². The van der Waals surface area contributed by atoms with Gasteiger partial charge in [0.1, 0.15) is 0 Å². The lowest BCUT2D eigenvalue weighted by Crippen LogP contribution is -2.55. The zero-order chi connectivity index (χ0) is 13.0. The number of carbonyl (C=O) groups is 1. The smallest absolute Gasteiger partial charge is 0.309 e. The zero-order valence-corrected chi connectivity index (χ0v) is 11.5. The van der Waals surface area contributed by atoms with E-state index in [9.17, 15) is 4.79 Å². The van der Waals surface area contributed by atoms with Crippen LogP contribution in [0.5, 0.6) is 0 Å². The summed E-state index contributed by atoms with van der Waals surface area (Å²) in [6.45, 7) is 6.93. The molecule has 4 nitrogen and oxygen atoms in total. The molecule has 0 aliphatic carbocycles. The molecule has 2 N–H and O–H groups in total. The average Bonchev–Trinajstić information content (AvgIpc) is 2.35. The Labute approximate surface area is 104 Å². The summed E-state index contributed by atoms with van der Waals surface area (Å²) in [6.07, 6.45) is 3.56. The Morgan fingerprint density at radius 3 is 2.65 bits per heavy atom. The summed E-state index contributed by atoms with van der Waals surface area (Å²) in [7, 11) is 1.45. The van der Waals surface area contributed by atoms with Gasteiger partial charge in [-0.25, -0.2) is 0 Å². The average molecular weight is 242 g/mol. The van der Waals surface area contributed by atoms with Crippen molar-refractivity contribution in [2.45, 2.75) is 58.2 Å². The van der Waals surface area contributed by atoms with Gasteiger partial charge in [-0.05, 0) is 26.7 Å². The number of carbonyl (C=O) groups excluding carboxylic acids is 1. The molecular weight excluding hydrogens is 216 g/mol. The Morgan fingerprint density at radius 2 is 2.12 bits per heavy atom. The number of ether oxygens (including phenoxy) is 1. The third-order valence-electron chi connectivity index (χ3n) is 4.13. The van der Waals surface area contributed by atoms with E-state index < -0.39 is 0 Å². The highest BCUT2D eigenvalue weighted by molar-refractivity contribution is 5.72. The van der Waals surface area contributed by atoms with Crippen LogP contribution in [-0.2, 0) is 9.53 Å². The highest BCUT2D eigenvalue weighted by Crippen LogP contribution is 2.27. The number of rotatable bonds is 4. The molecule has 4 atom stereocenters. The number of nitrogens with zero attached hydrogens (tertiary/aromatic N) is 1. The summed E-state index contributed by atoms with van der Waals surface area (Å²) in [5.41, 5.74) is 5.84. The van der Waals surface area contributed by atoms with E-state index in [0.29, 0.717) is 18.6 Å². The van der Waals surface area contributed by atoms with Crippen LogP contribution in [-0.4, -0.2) is 42.6 Å². The van der Waals surface area contributed by atoms with Crippen molar-refractivity contribution in [1.82, 2.24) is 4.90 Å². The van der Waals surface area contributed by atoms with Gasteiger partial charge in [-0.2, -0.15) is 0 Å². The molecule has 1 heterocycles. The lowest BCUT2D eigenvalue weighted by Gasteiger charge is -2.45. The van der Waals surface area contributed by atoms with E-state index in [1.807, 2.05) is 6.92 Å². The lowest BCUT2D eigenvalue weighted by atomic mass is 9.90. The third-order valence-corrected chi connectivity index (χ3v) is 4.13. The number of esters is 1. The molecule has 4 heteroatoms. The maximum atomic E-state index is 11.6. The molecule has 0 aromatic carbocycles. The van der Waals surface area contributed by atoms with E-state index in [0.717, 1.165) is 6.42 Å². The van der Waals surface area contributed by atoms with Crippen LogP contribution in [0.2, 0.25) is 0 Å². The first kappa shape index (κ1) is 14.5. The second-order valence-electron chi connectivity index (χ2n) is 5.17. The molecular formula is C13H26N2O2. The van der Waals surface area contributed by atoms with Crippen LogP contribution in [0, 0.1) is 5.92 Å². The lowest BCUT2D eigenvalue weighted by molar-refractivity contribution is -0.148. The van der Waals surface area contributed by atoms with E-state index in [2.05, 4.69) is 18.7 Å². The fraction of sp³-hybridized carbons (Fsp3) is 0.923. The molecule has 100 valence electrons. The molecule has 0 spiro atoms. The molecule has 1 rings (SSSR count). The van der Waals surface area contributed by atoms with Gasteiger partial charge < -0.3 is 10.5 Å². The highest BCUT2D eigenvalue weighted by Gasteiger charge is 2.35. The van der Waals surface area contributed by atoms with Gasteiger partial charge in [-0.1, -0.05) is 13.3 Å². The Bertz CT molecular complexity index is 258. The van der Waals surface area contributed by atoms with Crippen LogP contribution < -0.4 is 5.73 Å². The second-order valence-corrected chi connectivity index (χ2v) is 5.17. The predicted octanol–water partition coefficient (Wildman–Crippen LogP) is 1.39. The fourth-order valence-corrected chi connectivity index (χ4v) is 2.92. The minimum atomic E-state index is -0.133. The molecule has 0 aromatic heterocycles. The van der Waals surface area contributed by atoms with Crippen LogP contribution in [0.25, 0.3) is 0 Å². The first-order chi connectivity index (χ1) is 8.02. The molecule has 0 bridgehead atoms. The van der Waals surface area contributed by atoms with Crippen LogP contribution in [0.1, 0.15) is 40.0 Å². The summed E-state index contributed by atoms with van der Waals surface area (Å²) in [4.78, 5) is 14.0. The topological polar surface area (TPSA) is 55.6 Å². The number of methoxy groups -OCH3 is 1. The van der Waals surface area contributed by atoms with Crippen molar-refractivity contribution in [1.29, 1.82) is 0 Å². The van der Waals surface area contributed by atoms with Gasteiger partial charge in [0.25, 0.3) is 0 Å². The molecule has 0 saturated carbocycles. The van der Waals surface area contributed by atoms with E-state index in [4.69, 9.17) is 10.5 Å². The maximum Gasteiger partial charge on any atom is 0.309 e. The van der Waals surface area contributed by atoms with Crippen molar-refractivity contribution in [3.63, 3.8) is 0 Å². The SMILES string of the molecule is COC(=O)C(C)C(C)N1C(C)CCCC1CN. The molecule has 1 aliphatic heterocycles. The highest BCUT2D eigenvalue weighted by atomic mass is 16.5. The number of likely N-dealkylation sites (tertiary alicyclic amines) is 1. The van der Waals surface area contributed by atoms with Gasteiger partial charge in [0.15, 0.2) is 0 Å². The van der Waals surface area contributed by atoms with Crippen molar-refractivity contribution in [3.05, 3.63) is 0 Å². The zero-order valence-electron chi connectivity index (χ0n) is 11.5. The second kappa shape index (κ2) is 6.36. The maximum absolute atomic E-state index is 11.6. The van der Waals surface area contributed by atoms with Crippen molar-refractivity contribution in [2.75, 3.05) is 13.7 Å². The molecule has 1 fully saturated rings. The van der Waals surface area contributed by atoms with E-state index >= 15 is 0 Å². The summed E-state index contributed by atoms with van der Waals surface area (Å²) in [6, 6.07) is 1.09. The minimum absolute atomic E-state index is 0.102. The van der Waals surface area contributed by atoms with Gasteiger partial charge in [0.05, 0.1) is 13.0 Å². The number of hydrogen-bond acceptors (Lipinski definition) is 4. The number of piperidine rings is 1. The molecule has 1 aliphatic rings. The first-order valence-electron chi connectivity index (χ1n) is 6.58. The van der Waals surface area contributed by atoms with Crippen LogP contribution in [0.4, 0.5) is 0 Å². The van der Waals surface area contributed by atoms with Gasteiger partial charge in [0, 0.05) is 24.7 Å². The van der Waals surface area contributed by atoms with Crippen molar-refractivity contribution in [3.8, 4) is 0 Å². The quantitative estimate of drug-likeness (QED) is 0.757. The number of hydrogen-bond donors (Lipinski definition) is 1. The largest absolute Gasteiger partial charge is 0.469 e. The van der Waals surface area contributed by atoms with Crippen molar-refractivity contribution >= 4 is 5.97 Å². The Kier molecular flexibility index (Phi) is 5.40. The summed E-state index contributed by atoms with van der Waals surface area (Å²) < 4.78 is 4.83. The molecule has 0 radical (unpaired) electrons. The monoisotopic (exact) mass is 242 g/mol. The molecule has 0 amide bonds. The van der Waals surface area contributed by atoms with Gasteiger partial charge in [-0.3, -0.25) is 9.69 Å². The summed E-state index contributed by atoms with van der Waals surface area (Å²) >= 11 is 0. The standard InChI is InChI=1S/C13H26N2O2/c1-9-6-5-7-12(8-14)15(9)11(3)10(2)13(16)17-4/h9-12H,5-8,14H2,1-4H3.